The van der Waals surface area contributed by atoms with Crippen LogP contribution in [0, 0.1) is 13.8 Å². The highest BCUT2D eigenvalue weighted by atomic mass is 15.4. The van der Waals surface area contributed by atoms with Crippen molar-refractivity contribution >= 4 is 17.8 Å². The van der Waals surface area contributed by atoms with Crippen molar-refractivity contribution in [2.75, 3.05) is 32.5 Å². The highest BCUT2D eigenvalue weighted by Crippen LogP contribution is 2.20. The molecule has 134 valence electrons. The first-order chi connectivity index (χ1) is 12.0. The van der Waals surface area contributed by atoms with E-state index >= 15 is 0 Å². The molecule has 2 heterocycles. The van der Waals surface area contributed by atoms with E-state index < -0.39 is 0 Å². The summed E-state index contributed by atoms with van der Waals surface area (Å²) in [6, 6.07) is 6.34. The molecule has 0 saturated heterocycles. The Hall–Kier alpha value is -2.38. The lowest BCUT2D eigenvalue weighted by Gasteiger charge is -2.21. The van der Waals surface area contributed by atoms with E-state index in [1.807, 2.05) is 17.1 Å². The van der Waals surface area contributed by atoms with Crippen molar-refractivity contribution in [2.45, 2.75) is 26.4 Å². The summed E-state index contributed by atoms with van der Waals surface area (Å²) < 4.78 is 1.81. The number of anilines is 2. The second-order valence-electron chi connectivity index (χ2n) is 6.77. The van der Waals surface area contributed by atoms with Crippen molar-refractivity contribution in [1.29, 1.82) is 0 Å². The van der Waals surface area contributed by atoms with Crippen molar-refractivity contribution in [3.8, 4) is 0 Å². The van der Waals surface area contributed by atoms with Crippen LogP contribution in [0.4, 0.5) is 11.6 Å². The van der Waals surface area contributed by atoms with Gasteiger partial charge in [0.1, 0.15) is 6.17 Å². The molecule has 7 heteroatoms. The number of rotatable bonds is 7. The van der Waals surface area contributed by atoms with Crippen LogP contribution in [0.3, 0.4) is 0 Å². The predicted molar refractivity (Wildman–Crippen MR) is 102 cm³/mol. The molecule has 25 heavy (non-hydrogen) atoms. The van der Waals surface area contributed by atoms with Crippen molar-refractivity contribution in [3.63, 3.8) is 0 Å². The molecule has 1 atom stereocenters. The minimum atomic E-state index is -0.0329. The molecule has 7 nitrogen and oxygen atoms in total. The topological polar surface area (TPSA) is 70.0 Å². The molecule has 0 radical (unpaired) electrons. The summed E-state index contributed by atoms with van der Waals surface area (Å²) in [5, 5.41) is 14.6. The zero-order valence-electron chi connectivity index (χ0n) is 15.4. The van der Waals surface area contributed by atoms with Gasteiger partial charge in [-0.2, -0.15) is 4.98 Å². The molecule has 1 aromatic heterocycles. The van der Waals surface area contributed by atoms with E-state index in [1.165, 1.54) is 11.1 Å². The number of hydrogen-bond donors (Lipinski definition) is 3. The molecule has 3 N–H and O–H groups in total. The van der Waals surface area contributed by atoms with E-state index in [0.29, 0.717) is 5.95 Å². The second kappa shape index (κ2) is 7.67. The van der Waals surface area contributed by atoms with Gasteiger partial charge in [0, 0.05) is 18.1 Å². The van der Waals surface area contributed by atoms with Crippen LogP contribution in [0.1, 0.15) is 29.5 Å². The highest BCUT2D eigenvalue weighted by Gasteiger charge is 2.20. The predicted octanol–water partition coefficient (Wildman–Crippen LogP) is 2.21. The molecule has 0 spiro atoms. The molecular formula is C18H27N7. The van der Waals surface area contributed by atoms with Crippen LogP contribution in [-0.2, 0) is 0 Å². The first-order valence-corrected chi connectivity index (χ1v) is 8.64. The number of aromatic nitrogens is 3. The summed E-state index contributed by atoms with van der Waals surface area (Å²) in [7, 11) is 4.17. The van der Waals surface area contributed by atoms with Crippen molar-refractivity contribution in [3.05, 3.63) is 41.4 Å². The Balaban J connectivity index is 1.68. The van der Waals surface area contributed by atoms with Crippen molar-refractivity contribution in [1.82, 2.24) is 30.3 Å². The average Bonchev–Trinajstić information content (AvgIpc) is 2.93. The molecule has 1 unspecified atom stereocenters. The van der Waals surface area contributed by atoms with Crippen LogP contribution >= 0.6 is 0 Å². The number of fused-ring (bicyclic) bond motifs is 1. The summed E-state index contributed by atoms with van der Waals surface area (Å²) in [6.07, 6.45) is 4.82. The summed E-state index contributed by atoms with van der Waals surface area (Å²) in [5.74, 6) is 1.47. The molecule has 3 rings (SSSR count). The fourth-order valence-corrected chi connectivity index (χ4v) is 2.95. The number of benzene rings is 1. The maximum Gasteiger partial charge on any atom is 0.247 e. The SMILES string of the molecule is Cc1cc(C)cc(Nc2nc3n(n2)C=CNC3NCCCN(C)C)c1. The van der Waals surface area contributed by atoms with E-state index in [9.17, 15) is 0 Å². The molecular weight excluding hydrogens is 314 g/mol. The van der Waals surface area contributed by atoms with Gasteiger partial charge in [0.05, 0.1) is 0 Å². The molecule has 0 aliphatic carbocycles. The van der Waals surface area contributed by atoms with E-state index in [0.717, 1.165) is 31.0 Å². The van der Waals surface area contributed by atoms with Crippen LogP contribution in [0.15, 0.2) is 24.4 Å². The molecule has 0 amide bonds. The Kier molecular flexibility index (Phi) is 5.35. The molecule has 1 aliphatic rings. The van der Waals surface area contributed by atoms with Gasteiger partial charge in [0.15, 0.2) is 5.82 Å². The quantitative estimate of drug-likeness (QED) is 0.671. The first kappa shape index (κ1) is 17.4. The Labute approximate surface area is 149 Å². The lowest BCUT2D eigenvalue weighted by Crippen LogP contribution is -2.36. The van der Waals surface area contributed by atoms with Crippen LogP contribution in [-0.4, -0.2) is 46.8 Å². The Morgan fingerprint density at radius 3 is 2.68 bits per heavy atom. The van der Waals surface area contributed by atoms with Crippen molar-refractivity contribution in [2.24, 2.45) is 0 Å². The van der Waals surface area contributed by atoms with Crippen molar-refractivity contribution < 1.29 is 0 Å². The third kappa shape index (κ3) is 4.58. The molecule has 0 saturated carbocycles. The zero-order chi connectivity index (χ0) is 17.8. The summed E-state index contributed by atoms with van der Waals surface area (Å²) in [5.41, 5.74) is 3.44. The van der Waals surface area contributed by atoms with E-state index in [-0.39, 0.29) is 6.17 Å². The van der Waals surface area contributed by atoms with E-state index in [1.54, 1.807) is 0 Å². The maximum absolute atomic E-state index is 4.65. The smallest absolute Gasteiger partial charge is 0.247 e. The first-order valence-electron chi connectivity index (χ1n) is 8.64. The standard InChI is InChI=1S/C18H27N7/c1-13-10-14(2)12-15(11-13)21-18-22-17-16(19-6-5-8-24(3)4)20-7-9-25(17)23-18/h7,9-12,16,19-20H,5-6,8H2,1-4H3,(H,21,23). The molecule has 0 fully saturated rings. The third-order valence-electron chi connectivity index (χ3n) is 4.00. The third-order valence-corrected chi connectivity index (χ3v) is 4.00. The largest absolute Gasteiger partial charge is 0.368 e. The van der Waals surface area contributed by atoms with Crippen LogP contribution in [0.25, 0.3) is 6.20 Å². The Morgan fingerprint density at radius 2 is 1.96 bits per heavy atom. The van der Waals surface area contributed by atoms with Gasteiger partial charge in [-0.05, 0) is 70.7 Å². The van der Waals surface area contributed by atoms with Crippen LogP contribution in [0.5, 0.6) is 0 Å². The lowest BCUT2D eigenvalue weighted by atomic mass is 10.1. The molecule has 1 aliphatic heterocycles. The fraction of sp³-hybridized carbons (Fsp3) is 0.444. The van der Waals surface area contributed by atoms with E-state index in [2.05, 4.69) is 77.1 Å². The van der Waals surface area contributed by atoms with Gasteiger partial charge in [-0.15, -0.1) is 5.10 Å². The molecule has 0 bridgehead atoms. The Morgan fingerprint density at radius 1 is 1.20 bits per heavy atom. The number of hydrogen-bond acceptors (Lipinski definition) is 6. The monoisotopic (exact) mass is 341 g/mol. The van der Waals surface area contributed by atoms with Crippen LogP contribution in [0.2, 0.25) is 0 Å². The summed E-state index contributed by atoms with van der Waals surface area (Å²) >= 11 is 0. The summed E-state index contributed by atoms with van der Waals surface area (Å²) in [4.78, 5) is 6.84. The van der Waals surface area contributed by atoms with Gasteiger partial charge < -0.3 is 15.5 Å². The Bertz CT molecular complexity index is 728. The number of nitrogens with zero attached hydrogens (tertiary/aromatic N) is 4. The minimum absolute atomic E-state index is 0.0329. The molecule has 1 aromatic carbocycles. The van der Waals surface area contributed by atoms with Gasteiger partial charge in [-0.1, -0.05) is 6.07 Å². The highest BCUT2D eigenvalue weighted by molar-refractivity contribution is 5.56. The minimum Gasteiger partial charge on any atom is -0.368 e. The number of nitrogens with one attached hydrogen (secondary N) is 3. The lowest BCUT2D eigenvalue weighted by molar-refractivity contribution is 0.375. The van der Waals surface area contributed by atoms with Gasteiger partial charge in [0.25, 0.3) is 0 Å². The number of aryl methyl sites for hydroxylation is 2. The second-order valence-corrected chi connectivity index (χ2v) is 6.77. The maximum atomic E-state index is 4.65. The normalized spacial score (nSPS) is 16.0. The van der Waals surface area contributed by atoms with Gasteiger partial charge in [0.2, 0.25) is 5.95 Å². The van der Waals surface area contributed by atoms with Gasteiger partial charge in [-0.25, -0.2) is 4.68 Å². The van der Waals surface area contributed by atoms with Gasteiger partial charge >= 0.3 is 0 Å². The fourth-order valence-electron chi connectivity index (χ4n) is 2.95. The van der Waals surface area contributed by atoms with E-state index in [4.69, 9.17) is 0 Å². The zero-order valence-corrected chi connectivity index (χ0v) is 15.4. The van der Waals surface area contributed by atoms with Gasteiger partial charge in [-0.3, -0.25) is 5.32 Å². The average molecular weight is 341 g/mol. The molecule has 2 aromatic rings. The van der Waals surface area contributed by atoms with Crippen LogP contribution < -0.4 is 16.0 Å². The summed E-state index contributed by atoms with van der Waals surface area (Å²) in [6.45, 7) is 6.15.